The number of carbonyl (C=O) groups excluding carboxylic acids is 1. The molecular formula is C12H13N3O4. The van der Waals surface area contributed by atoms with Gasteiger partial charge in [0, 0.05) is 6.54 Å². The molecule has 0 bridgehead atoms. The van der Waals surface area contributed by atoms with Gasteiger partial charge in [0.15, 0.2) is 0 Å². The third-order valence-electron chi connectivity index (χ3n) is 2.23. The molecule has 7 heteroatoms. The molecule has 1 aromatic rings. The van der Waals surface area contributed by atoms with Crippen LogP contribution in [0.25, 0.3) is 0 Å². The van der Waals surface area contributed by atoms with Gasteiger partial charge in [-0.3, -0.25) is 4.79 Å². The molecule has 0 saturated heterocycles. The maximum absolute atomic E-state index is 11.6. The lowest BCUT2D eigenvalue weighted by molar-refractivity contribution is -0.136. The van der Waals surface area contributed by atoms with Gasteiger partial charge in [-0.2, -0.15) is 5.26 Å². The van der Waals surface area contributed by atoms with Crippen LogP contribution in [-0.2, 0) is 4.79 Å². The van der Waals surface area contributed by atoms with Gasteiger partial charge in [-0.25, -0.2) is 4.79 Å². The largest absolute Gasteiger partial charge is 0.495 e. The van der Waals surface area contributed by atoms with Crippen molar-refractivity contribution in [3.8, 4) is 11.8 Å². The minimum Gasteiger partial charge on any atom is -0.495 e. The fourth-order valence-corrected chi connectivity index (χ4v) is 1.36. The molecule has 0 heterocycles. The van der Waals surface area contributed by atoms with Crippen LogP contribution in [0.5, 0.6) is 5.75 Å². The molecule has 0 unspecified atom stereocenters. The summed E-state index contributed by atoms with van der Waals surface area (Å²) >= 11 is 0. The Hall–Kier alpha value is -2.75. The summed E-state index contributed by atoms with van der Waals surface area (Å²) in [6.45, 7) is -0.00178. The maximum Gasteiger partial charge on any atom is 0.319 e. The van der Waals surface area contributed by atoms with E-state index in [0.29, 0.717) is 5.75 Å². The van der Waals surface area contributed by atoms with Crippen LogP contribution in [0.15, 0.2) is 18.2 Å². The zero-order valence-electron chi connectivity index (χ0n) is 10.3. The molecular weight excluding hydrogens is 250 g/mol. The summed E-state index contributed by atoms with van der Waals surface area (Å²) in [5, 5.41) is 22.2. The molecule has 2 amide bonds. The maximum atomic E-state index is 11.6. The molecule has 0 radical (unpaired) electrons. The molecule has 1 aromatic carbocycles. The van der Waals surface area contributed by atoms with Crippen molar-refractivity contribution in [3.63, 3.8) is 0 Å². The van der Waals surface area contributed by atoms with Crippen LogP contribution >= 0.6 is 0 Å². The first-order valence-electron chi connectivity index (χ1n) is 5.42. The van der Waals surface area contributed by atoms with Crippen molar-refractivity contribution in [2.45, 2.75) is 6.42 Å². The fraction of sp³-hybridized carbons (Fsp3) is 0.250. The number of hydrogen-bond donors (Lipinski definition) is 3. The standard InChI is InChI=1S/C12H13N3O4/c1-19-9-4-2-3-8(7-13)11(9)15-12(18)14-6-5-10(16)17/h2-4H,5-6H2,1H3,(H,16,17)(H2,14,15,18). The van der Waals surface area contributed by atoms with Crippen LogP contribution in [0.1, 0.15) is 12.0 Å². The van der Waals surface area contributed by atoms with E-state index in [1.54, 1.807) is 12.1 Å². The van der Waals surface area contributed by atoms with Gasteiger partial charge < -0.3 is 20.5 Å². The minimum atomic E-state index is -1.00. The molecule has 100 valence electrons. The molecule has 3 N–H and O–H groups in total. The van der Waals surface area contributed by atoms with Gasteiger partial charge in [-0.05, 0) is 12.1 Å². The molecule has 19 heavy (non-hydrogen) atoms. The van der Waals surface area contributed by atoms with E-state index < -0.39 is 12.0 Å². The average molecular weight is 263 g/mol. The number of methoxy groups -OCH3 is 1. The Morgan fingerprint density at radius 3 is 2.79 bits per heavy atom. The van der Waals surface area contributed by atoms with Gasteiger partial charge in [-0.1, -0.05) is 6.07 Å². The number of carboxylic acids is 1. The van der Waals surface area contributed by atoms with Crippen LogP contribution in [0, 0.1) is 11.3 Å². The van der Waals surface area contributed by atoms with Crippen LogP contribution < -0.4 is 15.4 Å². The number of hydrogen-bond acceptors (Lipinski definition) is 4. The number of carbonyl (C=O) groups is 2. The van der Waals surface area contributed by atoms with Gasteiger partial charge in [0.25, 0.3) is 0 Å². The monoisotopic (exact) mass is 263 g/mol. The summed E-state index contributed by atoms with van der Waals surface area (Å²) in [5.74, 6) is -0.650. The van der Waals surface area contributed by atoms with E-state index in [0.717, 1.165) is 0 Å². The zero-order chi connectivity index (χ0) is 14.3. The number of nitriles is 1. The summed E-state index contributed by atoms with van der Waals surface area (Å²) in [5.41, 5.74) is 0.507. The second-order valence-corrected chi connectivity index (χ2v) is 3.52. The van der Waals surface area contributed by atoms with Gasteiger partial charge in [-0.15, -0.1) is 0 Å². The minimum absolute atomic E-state index is 0.00178. The Balaban J connectivity index is 2.73. The van der Waals surface area contributed by atoms with Crippen molar-refractivity contribution in [1.29, 1.82) is 5.26 Å². The summed E-state index contributed by atoms with van der Waals surface area (Å²) < 4.78 is 5.04. The smallest absolute Gasteiger partial charge is 0.319 e. The summed E-state index contributed by atoms with van der Waals surface area (Å²) in [7, 11) is 1.42. The predicted octanol–water partition coefficient (Wildman–Crippen LogP) is 1.16. The van der Waals surface area contributed by atoms with Crippen LogP contribution in [-0.4, -0.2) is 30.8 Å². The Bertz CT molecular complexity index is 522. The first kappa shape index (κ1) is 14.3. The zero-order valence-corrected chi connectivity index (χ0v) is 10.3. The molecule has 0 fully saturated rings. The number of rotatable bonds is 5. The van der Waals surface area contributed by atoms with Crippen molar-refractivity contribution in [2.24, 2.45) is 0 Å². The third-order valence-corrected chi connectivity index (χ3v) is 2.23. The topological polar surface area (TPSA) is 111 Å². The summed E-state index contributed by atoms with van der Waals surface area (Å²) in [4.78, 5) is 21.9. The number of benzene rings is 1. The van der Waals surface area contributed by atoms with Crippen molar-refractivity contribution in [1.82, 2.24) is 5.32 Å². The van der Waals surface area contributed by atoms with E-state index in [4.69, 9.17) is 15.1 Å². The van der Waals surface area contributed by atoms with E-state index in [1.807, 2.05) is 6.07 Å². The third kappa shape index (κ3) is 4.20. The summed E-state index contributed by atoms with van der Waals surface area (Å²) in [6.07, 6.45) is -0.176. The van der Waals surface area contributed by atoms with Crippen LogP contribution in [0.2, 0.25) is 0 Å². The number of nitrogens with zero attached hydrogens (tertiary/aromatic N) is 1. The highest BCUT2D eigenvalue weighted by Crippen LogP contribution is 2.27. The molecule has 0 aromatic heterocycles. The van der Waals surface area contributed by atoms with E-state index in [-0.39, 0.29) is 24.2 Å². The average Bonchev–Trinajstić information content (AvgIpc) is 2.38. The molecule has 0 spiro atoms. The Morgan fingerprint density at radius 2 is 2.21 bits per heavy atom. The van der Waals surface area contributed by atoms with E-state index in [2.05, 4.69) is 10.6 Å². The molecule has 7 nitrogen and oxygen atoms in total. The van der Waals surface area contributed by atoms with Crippen molar-refractivity contribution >= 4 is 17.7 Å². The number of aliphatic carboxylic acids is 1. The SMILES string of the molecule is COc1cccc(C#N)c1NC(=O)NCCC(=O)O. The predicted molar refractivity (Wildman–Crippen MR) is 67.0 cm³/mol. The van der Waals surface area contributed by atoms with Gasteiger partial charge in [0.2, 0.25) is 0 Å². The number of nitrogens with one attached hydrogen (secondary N) is 2. The lowest BCUT2D eigenvalue weighted by atomic mass is 10.2. The molecule has 0 saturated carbocycles. The molecule has 0 aliphatic rings. The highest BCUT2D eigenvalue weighted by atomic mass is 16.5. The molecule has 0 atom stereocenters. The fourth-order valence-electron chi connectivity index (χ4n) is 1.36. The van der Waals surface area contributed by atoms with E-state index in [1.165, 1.54) is 13.2 Å². The highest BCUT2D eigenvalue weighted by molar-refractivity contribution is 5.92. The van der Waals surface area contributed by atoms with Crippen molar-refractivity contribution in [3.05, 3.63) is 23.8 Å². The quantitative estimate of drug-likeness (QED) is 0.738. The second-order valence-electron chi connectivity index (χ2n) is 3.52. The first-order chi connectivity index (χ1) is 9.08. The van der Waals surface area contributed by atoms with Gasteiger partial charge in [0.05, 0.1) is 19.1 Å². The summed E-state index contributed by atoms with van der Waals surface area (Å²) in [6, 6.07) is 6.11. The van der Waals surface area contributed by atoms with E-state index in [9.17, 15) is 9.59 Å². The van der Waals surface area contributed by atoms with Crippen molar-refractivity contribution in [2.75, 3.05) is 19.0 Å². The van der Waals surface area contributed by atoms with Crippen LogP contribution in [0.4, 0.5) is 10.5 Å². The number of urea groups is 1. The van der Waals surface area contributed by atoms with Crippen LogP contribution in [0.3, 0.4) is 0 Å². The molecule has 0 aliphatic carbocycles. The number of anilines is 1. The first-order valence-corrected chi connectivity index (χ1v) is 5.42. The number of para-hydroxylation sites is 1. The molecule has 0 aliphatic heterocycles. The normalized spacial score (nSPS) is 9.26. The van der Waals surface area contributed by atoms with Gasteiger partial charge >= 0.3 is 12.0 Å². The lowest BCUT2D eigenvalue weighted by Gasteiger charge is -2.12. The number of amides is 2. The van der Waals surface area contributed by atoms with Gasteiger partial charge in [0.1, 0.15) is 17.5 Å². The Kier molecular flexibility index (Phi) is 5.17. The second kappa shape index (κ2) is 6.86. The molecule has 1 rings (SSSR count). The van der Waals surface area contributed by atoms with Crippen molar-refractivity contribution < 1.29 is 19.4 Å². The Morgan fingerprint density at radius 1 is 1.47 bits per heavy atom. The Labute approximate surface area is 109 Å². The number of ether oxygens (including phenoxy) is 1. The van der Waals surface area contributed by atoms with E-state index >= 15 is 0 Å². The lowest BCUT2D eigenvalue weighted by Crippen LogP contribution is -2.31. The highest BCUT2D eigenvalue weighted by Gasteiger charge is 2.12. The number of carboxylic acid groups (broad SMARTS) is 1.